The lowest BCUT2D eigenvalue weighted by Gasteiger charge is -2.14. The lowest BCUT2D eigenvalue weighted by molar-refractivity contribution is 0.0996. The van der Waals surface area contributed by atoms with Gasteiger partial charge in [0.2, 0.25) is 0 Å². The minimum Gasteiger partial charge on any atom is -0.459 e. The molecule has 0 spiro atoms. The fraction of sp³-hybridized carbons (Fsp3) is 0.217. The highest BCUT2D eigenvalue weighted by molar-refractivity contribution is 14.0. The van der Waals surface area contributed by atoms with Crippen LogP contribution in [-0.2, 0) is 18.8 Å². The number of thioether (sulfide) groups is 1. The van der Waals surface area contributed by atoms with Crippen LogP contribution < -0.4 is 16.0 Å². The zero-order chi connectivity index (χ0) is 22.1. The van der Waals surface area contributed by atoms with E-state index in [9.17, 15) is 9.18 Å². The van der Waals surface area contributed by atoms with Gasteiger partial charge in [0.05, 0.1) is 6.26 Å². The monoisotopic (exact) mass is 568 g/mol. The van der Waals surface area contributed by atoms with Gasteiger partial charge < -0.3 is 20.4 Å². The molecule has 6 nitrogen and oxygen atoms in total. The van der Waals surface area contributed by atoms with Gasteiger partial charge in [-0.25, -0.2) is 4.39 Å². The van der Waals surface area contributed by atoms with Crippen molar-refractivity contribution in [2.24, 2.45) is 4.99 Å². The van der Waals surface area contributed by atoms with Gasteiger partial charge in [0, 0.05) is 31.6 Å². The molecule has 1 aromatic heterocycles. The van der Waals surface area contributed by atoms with Crippen LogP contribution in [0.2, 0.25) is 0 Å². The van der Waals surface area contributed by atoms with Crippen LogP contribution >= 0.6 is 35.7 Å². The number of benzene rings is 2. The zero-order valence-electron chi connectivity index (χ0n) is 17.9. The number of halogens is 2. The van der Waals surface area contributed by atoms with E-state index in [1.165, 1.54) is 12.3 Å². The minimum absolute atomic E-state index is 0. The summed E-state index contributed by atoms with van der Waals surface area (Å²) in [5.74, 6) is 1.11. The number of nitrogens with zero attached hydrogens (tertiary/aromatic N) is 1. The van der Waals surface area contributed by atoms with Gasteiger partial charge in [0.15, 0.2) is 11.7 Å². The number of amides is 1. The fourth-order valence-corrected chi connectivity index (χ4v) is 3.58. The highest BCUT2D eigenvalue weighted by Crippen LogP contribution is 2.17. The van der Waals surface area contributed by atoms with Crippen molar-refractivity contribution >= 4 is 53.3 Å². The maximum atomic E-state index is 13.5. The van der Waals surface area contributed by atoms with Crippen LogP contribution in [0.5, 0.6) is 0 Å². The van der Waals surface area contributed by atoms with Crippen LogP contribution in [0.3, 0.4) is 0 Å². The maximum Gasteiger partial charge on any atom is 0.291 e. The average molecular weight is 568 g/mol. The second-order valence-corrected chi connectivity index (χ2v) is 7.62. The van der Waals surface area contributed by atoms with Gasteiger partial charge in [-0.2, -0.15) is 11.8 Å². The molecule has 0 fully saturated rings. The Morgan fingerprint density at radius 1 is 1.06 bits per heavy atom. The molecule has 0 unspecified atom stereocenters. The number of anilines is 1. The summed E-state index contributed by atoms with van der Waals surface area (Å²) in [5.41, 5.74) is 3.65. The summed E-state index contributed by atoms with van der Waals surface area (Å²) in [6, 6.07) is 15.7. The minimum atomic E-state index is -0.298. The third-order valence-corrected chi connectivity index (χ3v) is 5.13. The first-order valence-electron chi connectivity index (χ1n) is 9.73. The van der Waals surface area contributed by atoms with Gasteiger partial charge >= 0.3 is 0 Å². The molecule has 3 aromatic rings. The normalized spacial score (nSPS) is 10.9. The van der Waals surface area contributed by atoms with E-state index in [1.54, 1.807) is 43.1 Å². The summed E-state index contributed by atoms with van der Waals surface area (Å²) in [6.07, 6.45) is 3.46. The first-order valence-corrected chi connectivity index (χ1v) is 11.1. The molecule has 3 rings (SSSR count). The van der Waals surface area contributed by atoms with E-state index in [0.717, 1.165) is 22.4 Å². The molecule has 170 valence electrons. The Hall–Kier alpha value is -2.53. The summed E-state index contributed by atoms with van der Waals surface area (Å²) in [5, 5.41) is 9.34. The Balaban J connectivity index is 0.00000363. The largest absolute Gasteiger partial charge is 0.459 e. The number of furan rings is 1. The molecule has 0 aliphatic rings. The number of guanidine groups is 1. The second-order valence-electron chi connectivity index (χ2n) is 6.76. The van der Waals surface area contributed by atoms with E-state index >= 15 is 0 Å². The molecule has 0 aliphatic carbocycles. The Kier molecular flexibility index (Phi) is 10.5. The maximum absolute atomic E-state index is 13.5. The van der Waals surface area contributed by atoms with Gasteiger partial charge in [-0.3, -0.25) is 9.79 Å². The van der Waals surface area contributed by atoms with Crippen LogP contribution in [0.1, 0.15) is 27.2 Å². The smallest absolute Gasteiger partial charge is 0.291 e. The summed E-state index contributed by atoms with van der Waals surface area (Å²) in [7, 11) is 1.70. The molecule has 32 heavy (non-hydrogen) atoms. The van der Waals surface area contributed by atoms with E-state index in [-0.39, 0.29) is 41.5 Å². The Morgan fingerprint density at radius 2 is 1.88 bits per heavy atom. The summed E-state index contributed by atoms with van der Waals surface area (Å²) in [6.45, 7) is 1.06. The number of carbonyl (C=O) groups excluding carboxylic acids is 1. The SMILES string of the molecule is CN=C(NCc1cccc(NC(=O)c2ccco2)c1)NCc1ccc(F)cc1CSC.I. The van der Waals surface area contributed by atoms with E-state index in [4.69, 9.17) is 4.42 Å². The van der Waals surface area contributed by atoms with Crippen molar-refractivity contribution in [1.29, 1.82) is 0 Å². The van der Waals surface area contributed by atoms with Crippen molar-refractivity contribution in [2.75, 3.05) is 18.6 Å². The lowest BCUT2D eigenvalue weighted by atomic mass is 10.1. The number of hydrogen-bond acceptors (Lipinski definition) is 4. The second kappa shape index (κ2) is 13.1. The number of carbonyl (C=O) groups is 1. The van der Waals surface area contributed by atoms with Crippen LogP contribution in [-0.4, -0.2) is 25.2 Å². The van der Waals surface area contributed by atoms with E-state index in [1.807, 2.05) is 30.5 Å². The van der Waals surface area contributed by atoms with Gasteiger partial charge in [-0.1, -0.05) is 18.2 Å². The molecule has 1 amide bonds. The van der Waals surface area contributed by atoms with Gasteiger partial charge in [0.25, 0.3) is 5.91 Å². The highest BCUT2D eigenvalue weighted by Gasteiger charge is 2.09. The highest BCUT2D eigenvalue weighted by atomic mass is 127. The predicted octanol–water partition coefficient (Wildman–Crippen LogP) is 5.02. The van der Waals surface area contributed by atoms with E-state index in [0.29, 0.717) is 24.7 Å². The van der Waals surface area contributed by atoms with Crippen molar-refractivity contribution in [3.05, 3.63) is 89.1 Å². The Bertz CT molecular complexity index is 1040. The van der Waals surface area contributed by atoms with Crippen molar-refractivity contribution < 1.29 is 13.6 Å². The Morgan fingerprint density at radius 3 is 2.59 bits per heavy atom. The number of rotatable bonds is 8. The third-order valence-electron chi connectivity index (χ3n) is 4.53. The molecule has 0 bridgehead atoms. The Labute approximate surface area is 208 Å². The molecule has 0 saturated heterocycles. The zero-order valence-corrected chi connectivity index (χ0v) is 21.0. The molecule has 0 radical (unpaired) electrons. The van der Waals surface area contributed by atoms with Gasteiger partial charge in [0.1, 0.15) is 5.82 Å². The molecule has 0 aliphatic heterocycles. The molecule has 3 N–H and O–H groups in total. The average Bonchev–Trinajstić information content (AvgIpc) is 3.31. The third kappa shape index (κ3) is 7.56. The summed E-state index contributed by atoms with van der Waals surface area (Å²) in [4.78, 5) is 16.4. The van der Waals surface area contributed by atoms with Crippen molar-refractivity contribution in [3.8, 4) is 0 Å². The van der Waals surface area contributed by atoms with Crippen LogP contribution in [0, 0.1) is 5.82 Å². The van der Waals surface area contributed by atoms with Crippen LogP contribution in [0.15, 0.2) is 70.3 Å². The van der Waals surface area contributed by atoms with E-state index in [2.05, 4.69) is 20.9 Å². The lowest BCUT2D eigenvalue weighted by Crippen LogP contribution is -2.36. The topological polar surface area (TPSA) is 78.7 Å². The van der Waals surface area contributed by atoms with Crippen molar-refractivity contribution in [2.45, 2.75) is 18.8 Å². The predicted molar refractivity (Wildman–Crippen MR) is 139 cm³/mol. The molecule has 1 heterocycles. The molecule has 0 saturated carbocycles. The number of aliphatic imine (C=N–C) groups is 1. The molecular weight excluding hydrogens is 542 g/mol. The number of nitrogens with one attached hydrogen (secondary N) is 3. The van der Waals surface area contributed by atoms with Crippen LogP contribution in [0.4, 0.5) is 10.1 Å². The van der Waals surface area contributed by atoms with Gasteiger partial charge in [-0.05, 0) is 59.3 Å². The fourth-order valence-electron chi connectivity index (χ4n) is 3.00. The summed E-state index contributed by atoms with van der Waals surface area (Å²) >= 11 is 1.65. The molecule has 0 atom stereocenters. The van der Waals surface area contributed by atoms with Crippen molar-refractivity contribution in [1.82, 2.24) is 10.6 Å². The first kappa shape index (κ1) is 25.7. The molecule has 2 aromatic carbocycles. The first-order chi connectivity index (χ1) is 15.1. The van der Waals surface area contributed by atoms with Gasteiger partial charge in [-0.15, -0.1) is 24.0 Å². The summed E-state index contributed by atoms with van der Waals surface area (Å²) < 4.78 is 18.7. The standard InChI is InChI=1S/C23H25FN4O2S.HI/c1-25-23(27-14-17-8-9-19(24)12-18(17)15-31-2)26-13-16-5-3-6-20(11-16)28-22(29)21-7-4-10-30-21;/h3-12H,13-15H2,1-2H3,(H,28,29)(H2,25,26,27);1H. The number of hydrogen-bond donors (Lipinski definition) is 3. The quantitative estimate of drug-likeness (QED) is 0.202. The van der Waals surface area contributed by atoms with Crippen molar-refractivity contribution in [3.63, 3.8) is 0 Å². The van der Waals surface area contributed by atoms with Crippen LogP contribution in [0.25, 0.3) is 0 Å². The molecule has 9 heteroatoms. The molecular formula is C23H26FIN4O2S. The van der Waals surface area contributed by atoms with E-state index < -0.39 is 0 Å².